The highest BCUT2D eigenvalue weighted by atomic mass is 32.2. The van der Waals surface area contributed by atoms with Gasteiger partial charge in [0, 0.05) is 62.1 Å². The number of aryl methyl sites for hydroxylation is 1. The number of pyridine rings is 1. The second-order valence-corrected chi connectivity index (χ2v) is 10.3. The molecule has 1 aromatic carbocycles. The Kier molecular flexibility index (Phi) is 5.12. The van der Waals surface area contributed by atoms with Crippen molar-refractivity contribution < 1.29 is 12.8 Å². The van der Waals surface area contributed by atoms with Crippen LogP contribution in [0.5, 0.6) is 0 Å². The van der Waals surface area contributed by atoms with Crippen LogP contribution in [0.25, 0.3) is 22.2 Å². The lowest BCUT2D eigenvalue weighted by atomic mass is 10.0. The van der Waals surface area contributed by atoms with E-state index in [1.807, 2.05) is 24.6 Å². The summed E-state index contributed by atoms with van der Waals surface area (Å²) in [5.74, 6) is -0.358. The van der Waals surface area contributed by atoms with E-state index in [-0.39, 0.29) is 10.7 Å². The van der Waals surface area contributed by atoms with Crippen LogP contribution < -0.4 is 9.21 Å². The van der Waals surface area contributed by atoms with Crippen LogP contribution in [0, 0.1) is 12.7 Å². The van der Waals surface area contributed by atoms with Crippen molar-refractivity contribution in [2.45, 2.75) is 24.7 Å². The summed E-state index contributed by atoms with van der Waals surface area (Å²) in [5.41, 5.74) is 3.85. The summed E-state index contributed by atoms with van der Waals surface area (Å²) in [4.78, 5) is 6.79. The zero-order chi connectivity index (χ0) is 23.3. The zero-order valence-electron chi connectivity index (χ0n) is 18.7. The zero-order valence-corrected chi connectivity index (χ0v) is 19.5. The molecule has 4 aromatic rings. The third-order valence-electron chi connectivity index (χ3n) is 6.50. The maximum atomic E-state index is 15.3. The predicted octanol–water partition coefficient (Wildman–Crippen LogP) is 3.84. The van der Waals surface area contributed by atoms with Gasteiger partial charge >= 0.3 is 0 Å². The molecule has 3 aromatic heterocycles. The van der Waals surface area contributed by atoms with Crippen LogP contribution in [0.15, 0.2) is 47.8 Å². The lowest BCUT2D eigenvalue weighted by molar-refractivity contribution is 0.594. The largest absolute Gasteiger partial charge is 0.372 e. The SMILES string of the molecule is Cc1c(-c2cc(N3CCCC3)ccc2F)c2c(N(C)S(=O)(=O)c3cn[nH]c3)ccnc2n1C. The first-order valence-electron chi connectivity index (χ1n) is 10.8. The van der Waals surface area contributed by atoms with Crippen molar-refractivity contribution in [1.82, 2.24) is 19.7 Å². The summed E-state index contributed by atoms with van der Waals surface area (Å²) >= 11 is 0. The number of aromatic nitrogens is 4. The number of halogens is 1. The number of fused-ring (bicyclic) bond motifs is 1. The number of nitrogens with zero attached hydrogens (tertiary/aromatic N) is 5. The second-order valence-electron chi connectivity index (χ2n) is 8.31. The summed E-state index contributed by atoms with van der Waals surface area (Å²) in [6, 6.07) is 6.80. The minimum atomic E-state index is -3.87. The number of H-pyrrole nitrogens is 1. The molecule has 172 valence electrons. The molecule has 0 unspecified atom stereocenters. The van der Waals surface area contributed by atoms with E-state index in [1.54, 1.807) is 18.3 Å². The fourth-order valence-electron chi connectivity index (χ4n) is 4.58. The Morgan fingerprint density at radius 3 is 2.64 bits per heavy atom. The van der Waals surface area contributed by atoms with Crippen molar-refractivity contribution in [3.63, 3.8) is 0 Å². The minimum Gasteiger partial charge on any atom is -0.372 e. The number of anilines is 2. The van der Waals surface area contributed by atoms with Crippen molar-refractivity contribution >= 4 is 32.4 Å². The van der Waals surface area contributed by atoms with Gasteiger partial charge in [-0.2, -0.15) is 5.10 Å². The molecular weight excluding hydrogens is 443 g/mol. The van der Waals surface area contributed by atoms with E-state index in [2.05, 4.69) is 20.1 Å². The number of hydrogen-bond acceptors (Lipinski definition) is 5. The highest BCUT2D eigenvalue weighted by Gasteiger charge is 2.28. The Bertz CT molecular complexity index is 1440. The van der Waals surface area contributed by atoms with E-state index in [9.17, 15) is 8.42 Å². The number of rotatable bonds is 5. The van der Waals surface area contributed by atoms with E-state index in [1.165, 1.54) is 29.8 Å². The summed E-state index contributed by atoms with van der Waals surface area (Å²) in [6.45, 7) is 3.78. The van der Waals surface area contributed by atoms with E-state index in [0.717, 1.165) is 37.3 Å². The summed E-state index contributed by atoms with van der Waals surface area (Å²) in [6.07, 6.45) is 6.40. The molecule has 10 heteroatoms. The van der Waals surface area contributed by atoms with E-state index < -0.39 is 10.0 Å². The third-order valence-corrected chi connectivity index (χ3v) is 8.24. The standard InChI is InChI=1S/C23H25FN6O2S/c1-15-21(18-12-16(6-7-19(18)24)30-10-4-5-11-30)22-20(8-9-25-23(22)28(15)2)29(3)33(31,32)17-13-26-27-14-17/h6-9,12-14H,4-5,10-11H2,1-3H3,(H,26,27). The molecule has 1 N–H and O–H groups in total. The molecule has 0 amide bonds. The molecule has 0 atom stereocenters. The first-order chi connectivity index (χ1) is 15.8. The van der Waals surface area contributed by atoms with E-state index in [4.69, 9.17) is 0 Å². The highest BCUT2D eigenvalue weighted by molar-refractivity contribution is 7.92. The van der Waals surface area contributed by atoms with Crippen molar-refractivity contribution in [3.8, 4) is 11.1 Å². The molecule has 5 rings (SSSR count). The predicted molar refractivity (Wildman–Crippen MR) is 126 cm³/mol. The fourth-order valence-corrected chi connectivity index (χ4v) is 5.69. The van der Waals surface area contributed by atoms with Gasteiger partial charge in [-0.1, -0.05) is 0 Å². The van der Waals surface area contributed by atoms with Crippen LogP contribution in [0.3, 0.4) is 0 Å². The molecule has 0 saturated carbocycles. The van der Waals surface area contributed by atoms with Crippen LogP contribution in [0.2, 0.25) is 0 Å². The molecular formula is C23H25FN6O2S. The fraction of sp³-hybridized carbons (Fsp3) is 0.304. The van der Waals surface area contributed by atoms with Gasteiger partial charge in [-0.3, -0.25) is 9.40 Å². The monoisotopic (exact) mass is 468 g/mol. The number of nitrogens with one attached hydrogen (secondary N) is 1. The molecule has 4 heterocycles. The molecule has 33 heavy (non-hydrogen) atoms. The molecule has 0 aliphatic carbocycles. The Labute approximate surface area is 191 Å². The average molecular weight is 469 g/mol. The first kappa shape index (κ1) is 21.4. The van der Waals surface area contributed by atoms with Crippen molar-refractivity contribution in [1.29, 1.82) is 0 Å². The maximum absolute atomic E-state index is 15.3. The van der Waals surface area contributed by atoms with Crippen molar-refractivity contribution in [2.75, 3.05) is 29.3 Å². The molecule has 1 saturated heterocycles. The lowest BCUT2D eigenvalue weighted by Gasteiger charge is -2.21. The number of benzene rings is 1. The topological polar surface area (TPSA) is 87.1 Å². The molecule has 0 spiro atoms. The highest BCUT2D eigenvalue weighted by Crippen LogP contribution is 2.42. The van der Waals surface area contributed by atoms with Gasteiger partial charge in [0.05, 0.1) is 17.3 Å². The molecule has 1 fully saturated rings. The van der Waals surface area contributed by atoms with Crippen molar-refractivity contribution in [3.05, 3.63) is 54.4 Å². The Morgan fingerprint density at radius 2 is 1.94 bits per heavy atom. The average Bonchev–Trinajstić information content (AvgIpc) is 3.57. The van der Waals surface area contributed by atoms with Gasteiger partial charge in [0.15, 0.2) is 0 Å². The Balaban J connectivity index is 1.75. The molecule has 1 aliphatic heterocycles. The van der Waals surface area contributed by atoms with Gasteiger partial charge < -0.3 is 9.47 Å². The quantitative estimate of drug-likeness (QED) is 0.481. The van der Waals surface area contributed by atoms with Crippen LogP contribution in [0.1, 0.15) is 18.5 Å². The number of aromatic amines is 1. The summed E-state index contributed by atoms with van der Waals surface area (Å²) < 4.78 is 44.8. The van der Waals surface area contributed by atoms with Gasteiger partial charge in [0.25, 0.3) is 10.0 Å². The Hall–Kier alpha value is -3.40. The van der Waals surface area contributed by atoms with Gasteiger partial charge in [-0.05, 0) is 44.0 Å². The Morgan fingerprint density at radius 1 is 1.18 bits per heavy atom. The van der Waals surface area contributed by atoms with E-state index in [0.29, 0.717) is 27.8 Å². The molecule has 0 bridgehead atoms. The van der Waals surface area contributed by atoms with Crippen LogP contribution in [-0.4, -0.2) is 48.3 Å². The normalized spacial score (nSPS) is 14.4. The van der Waals surface area contributed by atoms with Crippen LogP contribution in [0.4, 0.5) is 15.8 Å². The van der Waals surface area contributed by atoms with E-state index >= 15 is 4.39 Å². The third kappa shape index (κ3) is 3.36. The first-order valence-corrected chi connectivity index (χ1v) is 12.2. The molecule has 8 nitrogen and oxygen atoms in total. The van der Waals surface area contributed by atoms with Crippen LogP contribution in [-0.2, 0) is 17.1 Å². The summed E-state index contributed by atoms with van der Waals surface area (Å²) in [5, 5.41) is 6.90. The van der Waals surface area contributed by atoms with Gasteiger partial charge in [0.2, 0.25) is 0 Å². The lowest BCUT2D eigenvalue weighted by Crippen LogP contribution is -2.26. The van der Waals surface area contributed by atoms with Gasteiger partial charge in [0.1, 0.15) is 16.4 Å². The molecule has 0 radical (unpaired) electrons. The molecule has 1 aliphatic rings. The number of sulfonamides is 1. The van der Waals surface area contributed by atoms with Gasteiger partial charge in [-0.15, -0.1) is 0 Å². The number of hydrogen-bond donors (Lipinski definition) is 1. The minimum absolute atomic E-state index is 0.0476. The van der Waals surface area contributed by atoms with Crippen LogP contribution >= 0.6 is 0 Å². The summed E-state index contributed by atoms with van der Waals surface area (Å²) in [7, 11) is -0.535. The van der Waals surface area contributed by atoms with Gasteiger partial charge in [-0.25, -0.2) is 17.8 Å². The maximum Gasteiger partial charge on any atom is 0.267 e. The second kappa shape index (κ2) is 7.87. The van der Waals surface area contributed by atoms with Crippen molar-refractivity contribution in [2.24, 2.45) is 7.05 Å². The smallest absolute Gasteiger partial charge is 0.267 e.